The summed E-state index contributed by atoms with van der Waals surface area (Å²) < 4.78 is 51.2. The van der Waals surface area contributed by atoms with Gasteiger partial charge in [-0.15, -0.1) is 0 Å². The number of phenols is 1. The highest BCUT2D eigenvalue weighted by Gasteiger charge is 2.33. The number of nitrogens with one attached hydrogen (secondary N) is 2. The Morgan fingerprint density at radius 1 is 0.897 bits per heavy atom. The maximum Gasteiger partial charge on any atom is 0.355 e. The van der Waals surface area contributed by atoms with E-state index in [1.54, 1.807) is 54.4 Å². The molecule has 1 unspecified atom stereocenters. The molecule has 1 aliphatic carbocycles. The lowest BCUT2D eigenvalue weighted by molar-refractivity contribution is -0.126. The van der Waals surface area contributed by atoms with Gasteiger partial charge in [0.05, 0.1) is 39.2 Å². The molecular formula is C56H53F3IN11O7. The molecule has 8 aromatic rings. The normalized spacial score (nSPS) is 14.4. The molecule has 22 heteroatoms. The summed E-state index contributed by atoms with van der Waals surface area (Å²) in [5, 5.41) is 16.4. The molecule has 1 saturated carbocycles. The van der Waals surface area contributed by atoms with Crippen molar-refractivity contribution in [2.45, 2.75) is 72.4 Å². The van der Waals surface area contributed by atoms with Gasteiger partial charge in [-0.1, -0.05) is 32.6 Å². The fraction of sp³-hybridized carbons (Fsp3) is 0.268. The number of aromatic hydroxyl groups is 1. The Morgan fingerprint density at radius 2 is 1.63 bits per heavy atom. The van der Waals surface area contributed by atoms with E-state index in [-0.39, 0.29) is 74.6 Å². The molecule has 0 spiro atoms. The molecule has 0 bridgehead atoms. The fourth-order valence-corrected chi connectivity index (χ4v) is 10.3. The number of anilines is 4. The van der Waals surface area contributed by atoms with Gasteiger partial charge in [0.2, 0.25) is 11.8 Å². The third-order valence-electron chi connectivity index (χ3n) is 13.7. The summed E-state index contributed by atoms with van der Waals surface area (Å²) >= 11 is 1.99. The van der Waals surface area contributed by atoms with Crippen molar-refractivity contribution in [2.75, 3.05) is 35.2 Å². The average molecular weight is 1180 g/mol. The standard InChI is InChI=1S/C30H30F2N6O3.C26H23FIN5O4/c1-6-23(40)36-12-13-37(18(5)15-36)28-19-14-21(32)26(24-20(31)8-7-9-22(24)39)34-29(19)38(30(41)35-28)27-17(4)10-11-33-25(27)16(2)3;1-13-22-21(23(31(3)24(13)35)30-20-10-7-15(28)11-19(20)27)25(36)33(17-8-9-17)26(37)32(22)18-6-4-5-16(12-18)29-14(2)34/h6-11,14,16,18,39H,1,12-13,15H2,2-5H3;4-7,10-12,17,30H,8-9H2,1-3H3,(H,29,34). The first-order chi connectivity index (χ1) is 37.1. The van der Waals surface area contributed by atoms with Gasteiger partial charge in [0.1, 0.15) is 40.1 Å². The molecule has 5 aromatic heterocycles. The number of benzene rings is 3. The number of nitrogens with zero attached hydrogens (tertiary/aromatic N) is 9. The number of carbonyl (C=O) groups excluding carboxylic acids is 2. The van der Waals surface area contributed by atoms with E-state index in [1.165, 1.54) is 62.6 Å². The molecule has 10 rings (SSSR count). The molecule has 78 heavy (non-hydrogen) atoms. The summed E-state index contributed by atoms with van der Waals surface area (Å²) in [6.45, 7) is 15.0. The number of phenolic OH excluding ortho intramolecular Hbond substituents is 1. The summed E-state index contributed by atoms with van der Waals surface area (Å²) in [4.78, 5) is 95.6. The number of fused-ring (bicyclic) bond motifs is 2. The van der Waals surface area contributed by atoms with Crippen LogP contribution in [0.25, 0.3) is 44.6 Å². The van der Waals surface area contributed by atoms with Crippen LogP contribution < -0.4 is 38.0 Å². The van der Waals surface area contributed by atoms with Gasteiger partial charge in [-0.3, -0.25) is 37.9 Å². The number of hydrogen-bond donors (Lipinski definition) is 3. The van der Waals surface area contributed by atoms with Crippen molar-refractivity contribution in [1.82, 2.24) is 38.1 Å². The zero-order valence-electron chi connectivity index (χ0n) is 43.5. The smallest absolute Gasteiger partial charge is 0.355 e. The highest BCUT2D eigenvalue weighted by Crippen LogP contribution is 2.38. The molecule has 1 saturated heterocycles. The maximum atomic E-state index is 15.8. The van der Waals surface area contributed by atoms with Crippen LogP contribution >= 0.6 is 22.6 Å². The molecule has 2 aliphatic rings. The summed E-state index contributed by atoms with van der Waals surface area (Å²) in [5.41, 5.74) is -0.0765. The van der Waals surface area contributed by atoms with Crippen LogP contribution in [0, 0.1) is 34.9 Å². The van der Waals surface area contributed by atoms with Crippen LogP contribution in [0.5, 0.6) is 5.75 Å². The highest BCUT2D eigenvalue weighted by atomic mass is 127. The van der Waals surface area contributed by atoms with Crippen molar-refractivity contribution < 1.29 is 27.9 Å². The SMILES string of the molecule is C=CC(=O)N1CCN(c2nc(=O)n(-c3c(C)ccnc3C(C)C)c3nc(-c4c(O)cccc4F)c(F)cc23)C(C)C1.CC(=O)Nc1cccc(-n2c(=O)n(C3CC3)c(=O)c3c(Nc4ccc(I)cc4F)n(C)c(=O)c(C)c32)c1. The van der Waals surface area contributed by atoms with Crippen molar-refractivity contribution in [3.8, 4) is 28.4 Å². The van der Waals surface area contributed by atoms with Crippen LogP contribution in [-0.4, -0.2) is 80.7 Å². The topological polar surface area (TPSA) is 212 Å². The van der Waals surface area contributed by atoms with Gasteiger partial charge >= 0.3 is 11.4 Å². The molecule has 6 heterocycles. The third-order valence-corrected chi connectivity index (χ3v) is 14.4. The number of aryl methyl sites for hydroxylation is 2. The van der Waals surface area contributed by atoms with Crippen LogP contribution in [0.2, 0.25) is 0 Å². The van der Waals surface area contributed by atoms with Gasteiger partial charge in [-0.05, 0) is 134 Å². The van der Waals surface area contributed by atoms with Crippen LogP contribution in [-0.2, 0) is 16.6 Å². The average Bonchev–Trinajstić information content (AvgIpc) is 4.34. The Balaban J connectivity index is 0.000000191. The molecule has 3 N–H and O–H groups in total. The van der Waals surface area contributed by atoms with Crippen molar-refractivity contribution >= 4 is 79.4 Å². The predicted molar refractivity (Wildman–Crippen MR) is 301 cm³/mol. The molecule has 2 fully saturated rings. The highest BCUT2D eigenvalue weighted by molar-refractivity contribution is 14.1. The van der Waals surface area contributed by atoms with Crippen LogP contribution in [0.4, 0.5) is 36.2 Å². The summed E-state index contributed by atoms with van der Waals surface area (Å²) in [6, 6.07) is 17.2. The second kappa shape index (κ2) is 21.5. The van der Waals surface area contributed by atoms with Gasteiger partial charge < -0.3 is 25.5 Å². The number of hydrogen-bond acceptors (Lipinski definition) is 12. The molecule has 402 valence electrons. The zero-order valence-corrected chi connectivity index (χ0v) is 45.6. The van der Waals surface area contributed by atoms with Crippen LogP contribution in [0.1, 0.15) is 69.3 Å². The van der Waals surface area contributed by atoms with Gasteiger partial charge in [-0.25, -0.2) is 32.3 Å². The lowest BCUT2D eigenvalue weighted by Crippen LogP contribution is -2.54. The minimum absolute atomic E-state index is 0.0360. The Labute approximate surface area is 457 Å². The Morgan fingerprint density at radius 3 is 2.28 bits per heavy atom. The van der Waals surface area contributed by atoms with E-state index in [0.717, 1.165) is 12.1 Å². The summed E-state index contributed by atoms with van der Waals surface area (Å²) in [5.74, 6) is -3.10. The van der Waals surface area contributed by atoms with E-state index < -0.39 is 57.0 Å². The maximum absolute atomic E-state index is 15.8. The number of pyridine rings is 3. The number of aromatic nitrogens is 7. The monoisotopic (exact) mass is 1180 g/mol. The lowest BCUT2D eigenvalue weighted by atomic mass is 10.0. The van der Waals surface area contributed by atoms with E-state index in [9.17, 15) is 42.7 Å². The minimum Gasteiger partial charge on any atom is -0.507 e. The fourth-order valence-electron chi connectivity index (χ4n) is 9.83. The number of halogens is 4. The van der Waals surface area contributed by atoms with Crippen molar-refractivity contribution in [3.05, 3.63) is 171 Å². The summed E-state index contributed by atoms with van der Waals surface area (Å²) in [6.07, 6.45) is 4.24. The summed E-state index contributed by atoms with van der Waals surface area (Å²) in [7, 11) is 1.50. The second-order valence-electron chi connectivity index (χ2n) is 19.5. The molecule has 3 aromatic carbocycles. The van der Waals surface area contributed by atoms with E-state index in [0.29, 0.717) is 64.4 Å². The molecule has 0 radical (unpaired) electrons. The van der Waals surface area contributed by atoms with E-state index in [4.69, 9.17) is 0 Å². The van der Waals surface area contributed by atoms with Crippen molar-refractivity contribution in [2.24, 2.45) is 7.05 Å². The van der Waals surface area contributed by atoms with Crippen LogP contribution in [0.3, 0.4) is 0 Å². The van der Waals surface area contributed by atoms with E-state index in [2.05, 4.69) is 32.2 Å². The molecule has 1 atom stereocenters. The number of piperazine rings is 1. The Hall–Kier alpha value is -8.41. The third kappa shape index (κ3) is 10.1. The lowest BCUT2D eigenvalue weighted by Gasteiger charge is -2.40. The van der Waals surface area contributed by atoms with Crippen LogP contribution in [0.15, 0.2) is 111 Å². The first-order valence-electron chi connectivity index (χ1n) is 24.9. The van der Waals surface area contributed by atoms with Crippen molar-refractivity contribution in [1.29, 1.82) is 0 Å². The second-order valence-corrected chi connectivity index (χ2v) is 20.7. The number of rotatable bonds is 10. The largest absolute Gasteiger partial charge is 0.507 e. The minimum atomic E-state index is -0.897. The first-order valence-corrected chi connectivity index (χ1v) is 26.0. The van der Waals surface area contributed by atoms with E-state index >= 15 is 4.39 Å². The van der Waals surface area contributed by atoms with E-state index in [1.807, 2.05) is 55.2 Å². The van der Waals surface area contributed by atoms with Crippen molar-refractivity contribution in [3.63, 3.8) is 0 Å². The van der Waals surface area contributed by atoms with Gasteiger partial charge in [0.25, 0.3) is 11.1 Å². The first kappa shape index (κ1) is 54.4. The Kier molecular flexibility index (Phi) is 15.0. The molecule has 2 amide bonds. The molecule has 1 aliphatic heterocycles. The molecular weight excluding hydrogens is 1120 g/mol. The predicted octanol–water partition coefficient (Wildman–Crippen LogP) is 8.42. The molecule has 18 nitrogen and oxygen atoms in total. The van der Waals surface area contributed by atoms with Gasteiger partial charge in [0, 0.05) is 66.7 Å². The number of carbonyl (C=O) groups is 2. The quantitative estimate of drug-likeness (QED) is 0.0870. The van der Waals surface area contributed by atoms with Gasteiger partial charge in [-0.2, -0.15) is 4.98 Å². The van der Waals surface area contributed by atoms with Gasteiger partial charge in [0.15, 0.2) is 11.5 Å². The zero-order chi connectivity index (χ0) is 56.2. The number of amides is 2. The Bertz CT molecular complexity index is 4040.